The molecule has 2 aromatic heterocycles. The number of amides is 2. The molecule has 0 spiro atoms. The van der Waals surface area contributed by atoms with Crippen LogP contribution in [0.15, 0.2) is 65.4 Å². The summed E-state index contributed by atoms with van der Waals surface area (Å²) in [6, 6.07) is 13.3. The summed E-state index contributed by atoms with van der Waals surface area (Å²) in [5.41, 5.74) is 1.57. The van der Waals surface area contributed by atoms with Crippen LogP contribution in [0.1, 0.15) is 20.9 Å². The molecule has 3 rings (SSSR count). The van der Waals surface area contributed by atoms with Gasteiger partial charge in [0.2, 0.25) is 0 Å². The molecule has 2 amide bonds. The Balaban J connectivity index is 1.66. The summed E-state index contributed by atoms with van der Waals surface area (Å²) in [6.07, 6.45) is 3.09. The number of H-pyrrole nitrogens is 1. The van der Waals surface area contributed by atoms with Gasteiger partial charge in [-0.15, -0.1) is 0 Å². The molecule has 0 saturated carbocycles. The molecule has 3 aromatic rings. The average Bonchev–Trinajstić information content (AvgIpc) is 3.11. The van der Waals surface area contributed by atoms with Crippen LogP contribution in [0.3, 0.4) is 0 Å². The van der Waals surface area contributed by atoms with Crippen molar-refractivity contribution in [3.63, 3.8) is 0 Å². The zero-order valence-electron chi connectivity index (χ0n) is 12.4. The molecule has 3 N–H and O–H groups in total. The summed E-state index contributed by atoms with van der Waals surface area (Å²) in [4.78, 5) is 26.9. The second-order valence-electron chi connectivity index (χ2n) is 4.88. The molecule has 0 atom stereocenters. The van der Waals surface area contributed by atoms with Crippen LogP contribution >= 0.6 is 12.2 Å². The van der Waals surface area contributed by atoms with Gasteiger partial charge in [-0.05, 0) is 48.5 Å². The highest BCUT2D eigenvalue weighted by Gasteiger charge is 2.10. The van der Waals surface area contributed by atoms with E-state index in [1.807, 2.05) is 0 Å². The Labute approximate surface area is 142 Å². The Hall–Kier alpha value is -3.19. The van der Waals surface area contributed by atoms with Gasteiger partial charge in [-0.1, -0.05) is 12.2 Å². The zero-order chi connectivity index (χ0) is 16.9. The summed E-state index contributed by atoms with van der Waals surface area (Å²) in [6.45, 7) is 0. The predicted octanol–water partition coefficient (Wildman–Crippen LogP) is 3.84. The molecule has 0 aliphatic heterocycles. The van der Waals surface area contributed by atoms with E-state index in [-0.39, 0.29) is 17.6 Å². The quantitative estimate of drug-likeness (QED) is 0.630. The molecule has 7 heteroatoms. The van der Waals surface area contributed by atoms with Gasteiger partial charge in [-0.3, -0.25) is 9.59 Å². The number of aromatic nitrogens is 1. The number of furan rings is 1. The first-order valence-electron chi connectivity index (χ1n) is 7.07. The van der Waals surface area contributed by atoms with Gasteiger partial charge in [0.15, 0.2) is 5.76 Å². The highest BCUT2D eigenvalue weighted by atomic mass is 32.1. The Bertz CT molecular complexity index is 915. The maximum absolute atomic E-state index is 12.2. The van der Waals surface area contributed by atoms with E-state index < -0.39 is 0 Å². The molecule has 0 saturated heterocycles. The molecule has 0 aliphatic rings. The number of hydrogen-bond donors (Lipinski definition) is 3. The molecule has 6 nitrogen and oxygen atoms in total. The van der Waals surface area contributed by atoms with E-state index in [1.165, 1.54) is 6.26 Å². The van der Waals surface area contributed by atoms with Crippen LogP contribution in [0.2, 0.25) is 0 Å². The van der Waals surface area contributed by atoms with E-state index in [9.17, 15) is 9.59 Å². The zero-order valence-corrected chi connectivity index (χ0v) is 13.2. The molecule has 0 fully saturated rings. The molecular weight excluding hydrogens is 326 g/mol. The van der Waals surface area contributed by atoms with Gasteiger partial charge in [0.05, 0.1) is 11.8 Å². The maximum Gasteiger partial charge on any atom is 0.291 e. The Morgan fingerprint density at radius 1 is 0.917 bits per heavy atom. The first-order valence-corrected chi connectivity index (χ1v) is 7.48. The molecule has 1 aromatic carbocycles. The highest BCUT2D eigenvalue weighted by Crippen LogP contribution is 2.16. The smallest absolute Gasteiger partial charge is 0.291 e. The van der Waals surface area contributed by atoms with Crippen LogP contribution in [-0.2, 0) is 0 Å². The molecule has 0 radical (unpaired) electrons. The van der Waals surface area contributed by atoms with Gasteiger partial charge in [0.25, 0.3) is 11.8 Å². The fourth-order valence-corrected chi connectivity index (χ4v) is 2.26. The van der Waals surface area contributed by atoms with Crippen LogP contribution in [0.5, 0.6) is 0 Å². The van der Waals surface area contributed by atoms with E-state index in [1.54, 1.807) is 54.7 Å². The number of rotatable bonds is 4. The van der Waals surface area contributed by atoms with Crippen molar-refractivity contribution in [2.45, 2.75) is 0 Å². The number of aromatic amines is 1. The normalized spacial score (nSPS) is 10.2. The van der Waals surface area contributed by atoms with E-state index in [2.05, 4.69) is 15.6 Å². The van der Waals surface area contributed by atoms with Crippen LogP contribution in [0.4, 0.5) is 11.4 Å². The summed E-state index contributed by atoms with van der Waals surface area (Å²) in [5, 5.41) is 5.45. The van der Waals surface area contributed by atoms with Crippen molar-refractivity contribution in [2.75, 3.05) is 10.6 Å². The molecule has 2 heterocycles. The van der Waals surface area contributed by atoms with Crippen molar-refractivity contribution in [2.24, 2.45) is 0 Å². The lowest BCUT2D eigenvalue weighted by Gasteiger charge is -2.07. The Morgan fingerprint density at radius 2 is 1.58 bits per heavy atom. The summed E-state index contributed by atoms with van der Waals surface area (Å²) in [5.74, 6) is -0.415. The molecule has 120 valence electrons. The summed E-state index contributed by atoms with van der Waals surface area (Å²) >= 11 is 5.08. The lowest BCUT2D eigenvalue weighted by molar-refractivity contribution is 0.0994. The number of hydrogen-bond acceptors (Lipinski definition) is 4. The first kappa shape index (κ1) is 15.7. The SMILES string of the molecule is O=C(Nc1ccc(NC(=O)c2ccc[nH]c2=S)cc1)c1ccco1. The minimum absolute atomic E-state index is 0.227. The summed E-state index contributed by atoms with van der Waals surface area (Å²) < 4.78 is 5.39. The number of carbonyl (C=O) groups is 2. The Kier molecular flexibility index (Phi) is 4.53. The number of carbonyl (C=O) groups excluding carboxylic acids is 2. The number of pyridine rings is 1. The second kappa shape index (κ2) is 6.93. The van der Waals surface area contributed by atoms with Crippen LogP contribution in [-0.4, -0.2) is 16.8 Å². The van der Waals surface area contributed by atoms with E-state index in [0.717, 1.165) is 0 Å². The predicted molar refractivity (Wildman–Crippen MR) is 92.7 cm³/mol. The molecule has 24 heavy (non-hydrogen) atoms. The fraction of sp³-hybridized carbons (Fsp3) is 0. The first-order chi connectivity index (χ1) is 11.6. The van der Waals surface area contributed by atoms with Gasteiger partial charge < -0.3 is 20.0 Å². The largest absolute Gasteiger partial charge is 0.459 e. The number of anilines is 2. The molecule has 0 unspecified atom stereocenters. The van der Waals surface area contributed by atoms with Crippen molar-refractivity contribution >= 4 is 35.4 Å². The third kappa shape index (κ3) is 3.58. The van der Waals surface area contributed by atoms with E-state index >= 15 is 0 Å². The van der Waals surface area contributed by atoms with Crippen molar-refractivity contribution in [1.82, 2.24) is 4.98 Å². The third-order valence-electron chi connectivity index (χ3n) is 3.21. The second-order valence-corrected chi connectivity index (χ2v) is 5.28. The third-order valence-corrected chi connectivity index (χ3v) is 3.55. The highest BCUT2D eigenvalue weighted by molar-refractivity contribution is 7.71. The lowest BCUT2D eigenvalue weighted by Crippen LogP contribution is -2.13. The molecule has 0 aliphatic carbocycles. The van der Waals surface area contributed by atoms with Crippen LogP contribution in [0, 0.1) is 4.64 Å². The minimum Gasteiger partial charge on any atom is -0.459 e. The monoisotopic (exact) mass is 339 g/mol. The summed E-state index contributed by atoms with van der Waals surface area (Å²) in [7, 11) is 0. The lowest BCUT2D eigenvalue weighted by atomic mass is 10.2. The fourth-order valence-electron chi connectivity index (χ4n) is 2.04. The van der Waals surface area contributed by atoms with Crippen molar-refractivity contribution in [3.05, 3.63) is 77.0 Å². The van der Waals surface area contributed by atoms with E-state index in [0.29, 0.717) is 21.6 Å². The van der Waals surface area contributed by atoms with Gasteiger partial charge in [-0.2, -0.15) is 0 Å². The minimum atomic E-state index is -0.340. The molecular formula is C17H13N3O3S. The Morgan fingerprint density at radius 3 is 2.17 bits per heavy atom. The van der Waals surface area contributed by atoms with E-state index in [4.69, 9.17) is 16.6 Å². The molecule has 0 bridgehead atoms. The maximum atomic E-state index is 12.2. The van der Waals surface area contributed by atoms with Crippen LogP contribution in [0.25, 0.3) is 0 Å². The van der Waals surface area contributed by atoms with Gasteiger partial charge in [0, 0.05) is 17.6 Å². The number of benzene rings is 1. The van der Waals surface area contributed by atoms with Crippen molar-refractivity contribution in [3.8, 4) is 0 Å². The topological polar surface area (TPSA) is 87.1 Å². The number of nitrogens with one attached hydrogen (secondary N) is 3. The standard InChI is InChI=1S/C17H13N3O3S/c21-15(13-3-1-9-18-17(13)24)19-11-5-7-12(8-6-11)20-16(22)14-4-2-10-23-14/h1-10H,(H,18,24)(H,19,21)(H,20,22). The average molecular weight is 339 g/mol. The van der Waals surface area contributed by atoms with Crippen LogP contribution < -0.4 is 10.6 Å². The van der Waals surface area contributed by atoms with Crippen molar-refractivity contribution < 1.29 is 14.0 Å². The van der Waals surface area contributed by atoms with Gasteiger partial charge >= 0.3 is 0 Å². The van der Waals surface area contributed by atoms with Crippen molar-refractivity contribution in [1.29, 1.82) is 0 Å². The van der Waals surface area contributed by atoms with Gasteiger partial charge in [-0.25, -0.2) is 0 Å². The van der Waals surface area contributed by atoms with Gasteiger partial charge in [0.1, 0.15) is 4.64 Å².